The number of piperidine rings is 1. The molecular weight excluding hydrogens is 411 g/mol. The highest BCUT2D eigenvalue weighted by Crippen LogP contribution is 2.39. The average molecular weight is 439 g/mol. The summed E-state index contributed by atoms with van der Waals surface area (Å²) < 4.78 is 13.5. The van der Waals surface area contributed by atoms with Crippen LogP contribution in [-0.4, -0.2) is 30.9 Å². The molecule has 1 fully saturated rings. The summed E-state index contributed by atoms with van der Waals surface area (Å²) in [5.41, 5.74) is 1.80. The van der Waals surface area contributed by atoms with Crippen molar-refractivity contribution in [2.24, 2.45) is 0 Å². The number of carbonyl (C=O) groups is 1. The summed E-state index contributed by atoms with van der Waals surface area (Å²) >= 11 is 6.38. The van der Waals surface area contributed by atoms with Crippen LogP contribution in [0.3, 0.4) is 0 Å². The molecule has 3 nitrogen and oxygen atoms in total. The van der Waals surface area contributed by atoms with Crippen LogP contribution in [0.5, 0.6) is 0 Å². The Kier molecular flexibility index (Phi) is 6.31. The normalized spacial score (nSPS) is 16.8. The second-order valence-corrected chi connectivity index (χ2v) is 9.05. The van der Waals surface area contributed by atoms with Gasteiger partial charge in [-0.1, -0.05) is 48.0 Å². The van der Waals surface area contributed by atoms with Crippen LogP contribution in [-0.2, 0) is 10.2 Å². The Bertz CT molecular complexity index is 1080. The lowest BCUT2D eigenvalue weighted by Crippen LogP contribution is -2.44. The second-order valence-electron chi connectivity index (χ2n) is 8.61. The van der Waals surface area contributed by atoms with E-state index in [1.165, 1.54) is 12.1 Å². The van der Waals surface area contributed by atoms with Crippen molar-refractivity contribution in [2.75, 3.05) is 20.1 Å². The first kappa shape index (κ1) is 21.8. The average Bonchev–Trinajstić information content (AvgIpc) is 2.78. The molecular formula is C26H28ClFN2O. The Labute approximate surface area is 188 Å². The van der Waals surface area contributed by atoms with Gasteiger partial charge in [0.25, 0.3) is 0 Å². The molecule has 1 atom stereocenters. The number of benzene rings is 3. The number of nitrogens with one attached hydrogen (secondary N) is 1. The molecule has 1 saturated heterocycles. The van der Waals surface area contributed by atoms with E-state index < -0.39 is 0 Å². The summed E-state index contributed by atoms with van der Waals surface area (Å²) in [6.45, 7) is 3.74. The Hall–Kier alpha value is -2.43. The Morgan fingerprint density at radius 3 is 2.52 bits per heavy atom. The molecule has 0 aromatic heterocycles. The smallest absolute Gasteiger partial charge is 0.223 e. The summed E-state index contributed by atoms with van der Waals surface area (Å²) in [5.74, 6) is -0.166. The zero-order valence-electron chi connectivity index (χ0n) is 18.0. The van der Waals surface area contributed by atoms with Gasteiger partial charge >= 0.3 is 0 Å². The number of halogens is 2. The van der Waals surface area contributed by atoms with Crippen molar-refractivity contribution in [1.29, 1.82) is 0 Å². The zero-order chi connectivity index (χ0) is 22.0. The molecule has 0 aliphatic carbocycles. The third-order valence-corrected chi connectivity index (χ3v) is 7.01. The van der Waals surface area contributed by atoms with Crippen molar-refractivity contribution in [2.45, 2.75) is 37.6 Å². The lowest BCUT2D eigenvalue weighted by molar-refractivity contribution is -0.133. The molecule has 4 rings (SSSR count). The molecule has 1 aliphatic heterocycles. The second kappa shape index (κ2) is 8.97. The van der Waals surface area contributed by atoms with Crippen LogP contribution in [0.4, 0.5) is 4.39 Å². The van der Waals surface area contributed by atoms with E-state index in [0.29, 0.717) is 11.4 Å². The molecule has 0 radical (unpaired) electrons. The van der Waals surface area contributed by atoms with E-state index >= 15 is 0 Å². The summed E-state index contributed by atoms with van der Waals surface area (Å²) in [5, 5.41) is 6.23. The summed E-state index contributed by atoms with van der Waals surface area (Å²) in [7, 11) is 1.86. The summed E-state index contributed by atoms with van der Waals surface area (Å²) in [4.78, 5) is 15.3. The third kappa shape index (κ3) is 4.46. The van der Waals surface area contributed by atoms with Crippen LogP contribution >= 0.6 is 11.6 Å². The highest BCUT2D eigenvalue weighted by molar-refractivity contribution is 6.31. The molecule has 0 bridgehead atoms. The highest BCUT2D eigenvalue weighted by atomic mass is 35.5. The van der Waals surface area contributed by atoms with E-state index in [1.807, 2.05) is 61.3 Å². The van der Waals surface area contributed by atoms with Crippen molar-refractivity contribution < 1.29 is 9.18 Å². The number of hydrogen-bond donors (Lipinski definition) is 1. The molecule has 31 heavy (non-hydrogen) atoms. The maximum atomic E-state index is 13.5. The monoisotopic (exact) mass is 438 g/mol. The van der Waals surface area contributed by atoms with Crippen molar-refractivity contribution in [1.82, 2.24) is 10.2 Å². The van der Waals surface area contributed by atoms with E-state index in [1.54, 1.807) is 0 Å². The quantitative estimate of drug-likeness (QED) is 0.540. The van der Waals surface area contributed by atoms with Gasteiger partial charge in [-0.3, -0.25) is 4.79 Å². The number of nitrogens with zero attached hydrogens (tertiary/aromatic N) is 1. The first-order chi connectivity index (χ1) is 14.9. The van der Waals surface area contributed by atoms with Crippen LogP contribution in [0.25, 0.3) is 10.8 Å². The van der Waals surface area contributed by atoms with Gasteiger partial charge in [-0.25, -0.2) is 4.39 Å². The zero-order valence-corrected chi connectivity index (χ0v) is 18.8. The van der Waals surface area contributed by atoms with E-state index in [9.17, 15) is 9.18 Å². The third-order valence-electron chi connectivity index (χ3n) is 6.79. The predicted molar refractivity (Wildman–Crippen MR) is 125 cm³/mol. The molecule has 0 saturated carbocycles. The lowest BCUT2D eigenvalue weighted by atomic mass is 9.70. The number of fused-ring (bicyclic) bond motifs is 1. The van der Waals surface area contributed by atoms with Crippen molar-refractivity contribution in [3.63, 3.8) is 0 Å². The molecule has 0 spiro atoms. The molecule has 3 aromatic carbocycles. The number of rotatable bonds is 5. The Morgan fingerprint density at radius 1 is 1.13 bits per heavy atom. The van der Waals surface area contributed by atoms with E-state index in [4.69, 9.17) is 11.6 Å². The van der Waals surface area contributed by atoms with Gasteiger partial charge in [-0.2, -0.15) is 0 Å². The largest absolute Gasteiger partial charge is 0.339 e. The van der Waals surface area contributed by atoms with Crippen LogP contribution in [0.1, 0.15) is 43.4 Å². The fourth-order valence-corrected chi connectivity index (χ4v) is 5.00. The fraction of sp³-hybridized carbons (Fsp3) is 0.346. The molecule has 1 amide bonds. The first-order valence-corrected chi connectivity index (χ1v) is 11.2. The fourth-order valence-electron chi connectivity index (χ4n) is 4.76. The first-order valence-electron chi connectivity index (χ1n) is 10.8. The number of carbonyl (C=O) groups excluding carboxylic acids is 1. The molecule has 1 N–H and O–H groups in total. The predicted octanol–water partition coefficient (Wildman–Crippen LogP) is 5.86. The molecule has 1 aliphatic rings. The van der Waals surface area contributed by atoms with Crippen LogP contribution in [0.15, 0.2) is 60.7 Å². The van der Waals surface area contributed by atoms with Gasteiger partial charge in [0.05, 0.1) is 6.04 Å². The molecule has 5 heteroatoms. The van der Waals surface area contributed by atoms with E-state index in [0.717, 1.165) is 47.8 Å². The van der Waals surface area contributed by atoms with Crippen LogP contribution in [0, 0.1) is 5.82 Å². The van der Waals surface area contributed by atoms with Crippen molar-refractivity contribution >= 4 is 28.3 Å². The van der Waals surface area contributed by atoms with Gasteiger partial charge in [-0.15, -0.1) is 0 Å². The SMILES string of the molecule is CC(c1cc(Cl)cc2ccccc12)N(C)C(=O)CC1(c2ccc(F)cc2)CCNCC1. The topological polar surface area (TPSA) is 32.3 Å². The maximum Gasteiger partial charge on any atom is 0.223 e. The minimum absolute atomic E-state index is 0.0859. The minimum atomic E-state index is -0.277. The Balaban J connectivity index is 1.62. The van der Waals surface area contributed by atoms with Crippen LogP contribution < -0.4 is 5.32 Å². The standard InChI is InChI=1S/C26H28ClFN2O/c1-18(24-16-21(27)15-19-5-3-4-6-23(19)24)30(2)25(31)17-26(11-13-29-14-12-26)20-7-9-22(28)10-8-20/h3-10,15-16,18,29H,11-14,17H2,1-2H3. The van der Waals surface area contributed by atoms with Gasteiger partial charge in [0.2, 0.25) is 5.91 Å². The highest BCUT2D eigenvalue weighted by Gasteiger charge is 2.37. The van der Waals surface area contributed by atoms with Gasteiger partial charge in [0.1, 0.15) is 5.82 Å². The van der Waals surface area contributed by atoms with Crippen molar-refractivity contribution in [3.8, 4) is 0 Å². The Morgan fingerprint density at radius 2 is 1.81 bits per heavy atom. The van der Waals surface area contributed by atoms with Gasteiger partial charge in [0, 0.05) is 23.9 Å². The molecule has 3 aromatic rings. The number of amides is 1. The summed E-state index contributed by atoms with van der Waals surface area (Å²) in [6, 6.07) is 18.6. The van der Waals surface area contributed by atoms with Gasteiger partial charge < -0.3 is 10.2 Å². The van der Waals surface area contributed by atoms with Crippen molar-refractivity contribution in [3.05, 3.63) is 82.6 Å². The van der Waals surface area contributed by atoms with Crippen LogP contribution in [0.2, 0.25) is 5.02 Å². The maximum absolute atomic E-state index is 13.5. The summed E-state index contributed by atoms with van der Waals surface area (Å²) in [6.07, 6.45) is 2.11. The van der Waals surface area contributed by atoms with Gasteiger partial charge in [0.15, 0.2) is 0 Å². The molecule has 1 unspecified atom stereocenters. The minimum Gasteiger partial charge on any atom is -0.339 e. The molecule has 1 heterocycles. The lowest BCUT2D eigenvalue weighted by Gasteiger charge is -2.39. The van der Waals surface area contributed by atoms with E-state index in [-0.39, 0.29) is 23.2 Å². The number of hydrogen-bond acceptors (Lipinski definition) is 2. The molecule has 162 valence electrons. The van der Waals surface area contributed by atoms with Gasteiger partial charge in [-0.05, 0) is 79.0 Å². The van der Waals surface area contributed by atoms with E-state index in [2.05, 4.69) is 11.4 Å².